The van der Waals surface area contributed by atoms with Gasteiger partial charge in [-0.25, -0.2) is 0 Å². The van der Waals surface area contributed by atoms with Gasteiger partial charge >= 0.3 is 0 Å². The van der Waals surface area contributed by atoms with Crippen LogP contribution in [0.4, 0.5) is 11.1 Å². The molecule has 0 spiro atoms. The van der Waals surface area contributed by atoms with Crippen LogP contribution >= 0.6 is 11.5 Å². The first-order valence-electron chi connectivity index (χ1n) is 8.31. The molecule has 1 atom stereocenters. The molecule has 7 heteroatoms. The van der Waals surface area contributed by atoms with Crippen LogP contribution in [0.3, 0.4) is 0 Å². The monoisotopic (exact) mass is 346 g/mol. The maximum absolute atomic E-state index is 9.73. The highest BCUT2D eigenvalue weighted by molar-refractivity contribution is 7.09. The molecule has 6 nitrogen and oxygen atoms in total. The van der Waals surface area contributed by atoms with E-state index >= 15 is 0 Å². The van der Waals surface area contributed by atoms with E-state index in [2.05, 4.69) is 32.9 Å². The summed E-state index contributed by atoms with van der Waals surface area (Å²) in [6.45, 7) is 0.765. The van der Waals surface area contributed by atoms with Crippen molar-refractivity contribution in [2.45, 2.75) is 31.4 Å². The lowest BCUT2D eigenvalue weighted by Crippen LogP contribution is -2.36. The van der Waals surface area contributed by atoms with Crippen LogP contribution in [0.5, 0.6) is 5.75 Å². The van der Waals surface area contributed by atoms with Gasteiger partial charge in [-0.1, -0.05) is 6.07 Å². The van der Waals surface area contributed by atoms with Gasteiger partial charge in [0.2, 0.25) is 11.1 Å². The Kier molecular flexibility index (Phi) is 4.05. The quantitative estimate of drug-likeness (QED) is 0.867. The summed E-state index contributed by atoms with van der Waals surface area (Å²) in [5.41, 5.74) is 2.50. The maximum atomic E-state index is 9.73. The van der Waals surface area contributed by atoms with E-state index in [1.54, 1.807) is 0 Å². The molecule has 2 N–H and O–H groups in total. The molecule has 1 unspecified atom stereocenters. The lowest BCUT2D eigenvalue weighted by molar-refractivity contribution is 0.0340. The first-order chi connectivity index (χ1) is 11.6. The molecule has 0 saturated heterocycles. The van der Waals surface area contributed by atoms with E-state index < -0.39 is 0 Å². The summed E-state index contributed by atoms with van der Waals surface area (Å²) in [5, 5.41) is 14.1. The highest BCUT2D eigenvalue weighted by Gasteiger charge is 2.35. The second kappa shape index (κ2) is 6.22. The molecule has 0 radical (unpaired) electrons. The van der Waals surface area contributed by atoms with Crippen LogP contribution in [0.1, 0.15) is 30.0 Å². The van der Waals surface area contributed by atoms with Gasteiger partial charge in [-0.3, -0.25) is 0 Å². The van der Waals surface area contributed by atoms with Crippen molar-refractivity contribution in [1.29, 1.82) is 0 Å². The zero-order chi connectivity index (χ0) is 16.7. The van der Waals surface area contributed by atoms with Crippen LogP contribution in [-0.2, 0) is 6.42 Å². The highest BCUT2D eigenvalue weighted by atomic mass is 32.1. The van der Waals surface area contributed by atoms with Crippen LogP contribution < -0.4 is 15.0 Å². The van der Waals surface area contributed by atoms with E-state index in [0.29, 0.717) is 5.92 Å². The SMILES string of the molecule is CN(C)c1nsc(NC(c2ccc3c(c2)CCO3)C2CC(O)C2)n1. The number of nitrogens with zero attached hydrogens (tertiary/aromatic N) is 3. The number of benzene rings is 1. The van der Waals surface area contributed by atoms with Crippen molar-refractivity contribution in [2.75, 3.05) is 30.9 Å². The number of hydrogen-bond acceptors (Lipinski definition) is 7. The Morgan fingerprint density at radius 3 is 2.92 bits per heavy atom. The molecule has 0 amide bonds. The summed E-state index contributed by atoms with van der Waals surface area (Å²) >= 11 is 1.38. The Labute approximate surface area is 145 Å². The van der Waals surface area contributed by atoms with Crippen LogP contribution in [0, 0.1) is 5.92 Å². The molecule has 0 bridgehead atoms. The topological polar surface area (TPSA) is 70.5 Å². The lowest BCUT2D eigenvalue weighted by Gasteiger charge is -2.38. The fourth-order valence-corrected chi connectivity index (χ4v) is 4.04. The van der Waals surface area contributed by atoms with Crippen LogP contribution in [0.15, 0.2) is 18.2 Å². The van der Waals surface area contributed by atoms with E-state index in [9.17, 15) is 5.11 Å². The first kappa shape index (κ1) is 15.7. The molecular weight excluding hydrogens is 324 g/mol. The molecule has 1 saturated carbocycles. The summed E-state index contributed by atoms with van der Waals surface area (Å²) in [7, 11) is 3.87. The van der Waals surface area contributed by atoms with E-state index in [1.165, 1.54) is 22.7 Å². The number of rotatable bonds is 5. The average molecular weight is 346 g/mol. The smallest absolute Gasteiger partial charge is 0.238 e. The molecule has 2 aliphatic rings. The number of ether oxygens (including phenoxy) is 1. The normalized spacial score (nSPS) is 23.1. The number of aromatic nitrogens is 2. The van der Waals surface area contributed by atoms with Gasteiger partial charge in [-0.2, -0.15) is 9.36 Å². The first-order valence-corrected chi connectivity index (χ1v) is 9.09. The predicted molar refractivity (Wildman–Crippen MR) is 95.0 cm³/mol. The summed E-state index contributed by atoms with van der Waals surface area (Å²) in [6.07, 6.45) is 2.44. The van der Waals surface area contributed by atoms with Gasteiger partial charge in [0.15, 0.2) is 0 Å². The fourth-order valence-electron chi connectivity index (χ4n) is 3.36. The molecule has 1 aromatic carbocycles. The molecule has 4 rings (SSSR count). The Hall–Kier alpha value is -1.86. The predicted octanol–water partition coefficient (Wildman–Crippen LogP) is 2.46. The third kappa shape index (κ3) is 2.93. The van der Waals surface area contributed by atoms with Crippen molar-refractivity contribution in [3.05, 3.63) is 29.3 Å². The number of nitrogens with one attached hydrogen (secondary N) is 1. The minimum absolute atomic E-state index is 0.141. The van der Waals surface area contributed by atoms with Gasteiger partial charge in [-0.05, 0) is 42.0 Å². The van der Waals surface area contributed by atoms with Crippen LogP contribution in [-0.4, -0.2) is 41.3 Å². The van der Waals surface area contributed by atoms with E-state index in [4.69, 9.17) is 4.74 Å². The largest absolute Gasteiger partial charge is 0.493 e. The van der Waals surface area contributed by atoms with Gasteiger partial charge < -0.3 is 20.1 Å². The second-order valence-corrected chi connectivity index (χ2v) is 7.52. The van der Waals surface area contributed by atoms with Crippen LogP contribution in [0.25, 0.3) is 0 Å². The highest BCUT2D eigenvalue weighted by Crippen LogP contribution is 2.41. The number of aliphatic hydroxyl groups is 1. The molecule has 24 heavy (non-hydrogen) atoms. The van der Waals surface area contributed by atoms with Gasteiger partial charge in [0, 0.05) is 32.0 Å². The van der Waals surface area contributed by atoms with Crippen LogP contribution in [0.2, 0.25) is 0 Å². The molecule has 2 aromatic rings. The van der Waals surface area contributed by atoms with Crippen molar-refractivity contribution in [2.24, 2.45) is 5.92 Å². The lowest BCUT2D eigenvalue weighted by atomic mass is 9.75. The Bertz CT molecular complexity index is 727. The van der Waals surface area contributed by atoms with E-state index in [1.807, 2.05) is 19.0 Å². The Balaban J connectivity index is 1.59. The molecular formula is C17H22N4O2S. The van der Waals surface area contributed by atoms with Crippen molar-refractivity contribution in [1.82, 2.24) is 9.36 Å². The number of hydrogen-bond donors (Lipinski definition) is 2. The van der Waals surface area contributed by atoms with E-state index in [0.717, 1.165) is 42.7 Å². The zero-order valence-corrected chi connectivity index (χ0v) is 14.7. The van der Waals surface area contributed by atoms with Gasteiger partial charge in [0.05, 0.1) is 18.8 Å². The minimum Gasteiger partial charge on any atom is -0.493 e. The molecule has 1 aliphatic carbocycles. The third-order valence-corrected chi connectivity index (χ3v) is 5.42. The van der Waals surface area contributed by atoms with Crippen molar-refractivity contribution >= 4 is 22.6 Å². The van der Waals surface area contributed by atoms with E-state index in [-0.39, 0.29) is 12.1 Å². The standard InChI is InChI=1S/C17H22N4O2S/c1-21(2)16-19-17(24-20-16)18-15(12-8-13(22)9-12)11-3-4-14-10(7-11)5-6-23-14/h3-4,7,12-13,15,22H,5-6,8-9H2,1-2H3,(H,18,19,20). The number of anilines is 2. The average Bonchev–Trinajstić information content (AvgIpc) is 3.18. The van der Waals surface area contributed by atoms with Crippen molar-refractivity contribution in [3.63, 3.8) is 0 Å². The molecule has 128 valence electrons. The second-order valence-electron chi connectivity index (χ2n) is 6.77. The summed E-state index contributed by atoms with van der Waals surface area (Å²) in [6, 6.07) is 6.56. The third-order valence-electron chi connectivity index (χ3n) is 4.79. The maximum Gasteiger partial charge on any atom is 0.238 e. The van der Waals surface area contributed by atoms with Gasteiger partial charge in [0.25, 0.3) is 0 Å². The van der Waals surface area contributed by atoms with Gasteiger partial charge in [0.1, 0.15) is 5.75 Å². The zero-order valence-electron chi connectivity index (χ0n) is 13.9. The fraction of sp³-hybridized carbons (Fsp3) is 0.529. The van der Waals surface area contributed by atoms with Crippen molar-refractivity contribution in [3.8, 4) is 5.75 Å². The Morgan fingerprint density at radius 1 is 1.38 bits per heavy atom. The summed E-state index contributed by atoms with van der Waals surface area (Å²) in [5.74, 6) is 2.13. The summed E-state index contributed by atoms with van der Waals surface area (Å²) < 4.78 is 9.98. The Morgan fingerprint density at radius 2 is 2.21 bits per heavy atom. The molecule has 1 fully saturated rings. The molecule has 2 heterocycles. The number of aliphatic hydroxyl groups excluding tert-OH is 1. The molecule has 1 aliphatic heterocycles. The van der Waals surface area contributed by atoms with Crippen molar-refractivity contribution < 1.29 is 9.84 Å². The minimum atomic E-state index is -0.177. The summed E-state index contributed by atoms with van der Waals surface area (Å²) in [4.78, 5) is 6.44. The van der Waals surface area contributed by atoms with Gasteiger partial charge in [-0.15, -0.1) is 0 Å². The molecule has 1 aromatic heterocycles. The number of fused-ring (bicyclic) bond motifs is 1.